The highest BCUT2D eigenvalue weighted by Crippen LogP contribution is 2.46. The lowest BCUT2D eigenvalue weighted by atomic mass is 9.78. The maximum atomic E-state index is 13.2. The summed E-state index contributed by atoms with van der Waals surface area (Å²) in [5, 5.41) is 0.539. The van der Waals surface area contributed by atoms with Gasteiger partial charge in [0.15, 0.2) is 0 Å². The van der Waals surface area contributed by atoms with Crippen molar-refractivity contribution >= 4 is 29.1 Å². The average Bonchev–Trinajstić information content (AvgIpc) is 3.16. The molecule has 1 aromatic heterocycles. The number of hydrogen-bond donors (Lipinski definition) is 0. The van der Waals surface area contributed by atoms with Crippen LogP contribution < -0.4 is 4.90 Å². The number of hydrogen-bond acceptors (Lipinski definition) is 3. The third kappa shape index (κ3) is 2.67. The van der Waals surface area contributed by atoms with Gasteiger partial charge in [-0.05, 0) is 42.7 Å². The van der Waals surface area contributed by atoms with Gasteiger partial charge < -0.3 is 9.80 Å². The Labute approximate surface area is 157 Å². The molecule has 2 atom stereocenters. The summed E-state index contributed by atoms with van der Waals surface area (Å²) in [4.78, 5) is 33.8. The number of nitrogens with zero attached hydrogens (tertiary/aromatic N) is 3. The lowest BCUT2D eigenvalue weighted by molar-refractivity contribution is -0.126. The third-order valence-corrected chi connectivity index (χ3v) is 5.91. The number of amides is 2. The maximum Gasteiger partial charge on any atom is 0.253 e. The molecule has 134 valence electrons. The zero-order valence-electron chi connectivity index (χ0n) is 14.6. The minimum atomic E-state index is -0.510. The van der Waals surface area contributed by atoms with E-state index in [1.807, 2.05) is 12.1 Å². The van der Waals surface area contributed by atoms with Gasteiger partial charge in [0.05, 0.1) is 17.3 Å². The molecule has 2 saturated heterocycles. The summed E-state index contributed by atoms with van der Waals surface area (Å²) >= 11 is 6.02. The summed E-state index contributed by atoms with van der Waals surface area (Å²) in [5.74, 6) is 0.142. The smallest absolute Gasteiger partial charge is 0.253 e. The van der Waals surface area contributed by atoms with E-state index in [1.54, 1.807) is 46.5 Å². The monoisotopic (exact) mass is 369 g/mol. The molecule has 0 unspecified atom stereocenters. The Balaban J connectivity index is 1.57. The molecule has 26 heavy (non-hydrogen) atoms. The van der Waals surface area contributed by atoms with E-state index >= 15 is 0 Å². The maximum absolute atomic E-state index is 13.2. The zero-order chi connectivity index (χ0) is 18.3. The van der Waals surface area contributed by atoms with Crippen molar-refractivity contribution < 1.29 is 9.59 Å². The zero-order valence-corrected chi connectivity index (χ0v) is 15.3. The molecule has 2 aliphatic heterocycles. The Morgan fingerprint density at radius 2 is 2.15 bits per heavy atom. The van der Waals surface area contributed by atoms with Crippen molar-refractivity contribution in [2.75, 3.05) is 24.5 Å². The fraction of sp³-hybridized carbons (Fsp3) is 0.350. The number of rotatable bonds is 2. The molecule has 5 nitrogen and oxygen atoms in total. The highest BCUT2D eigenvalue weighted by Gasteiger charge is 2.56. The van der Waals surface area contributed by atoms with Crippen LogP contribution in [-0.2, 0) is 4.79 Å². The molecule has 2 aliphatic rings. The highest BCUT2D eigenvalue weighted by atomic mass is 35.5. The van der Waals surface area contributed by atoms with Crippen LogP contribution in [0.1, 0.15) is 23.7 Å². The number of anilines is 1. The van der Waals surface area contributed by atoms with E-state index in [4.69, 9.17) is 11.6 Å². The number of carbonyl (C=O) groups excluding carboxylic acids is 2. The Kier molecular flexibility index (Phi) is 4.19. The summed E-state index contributed by atoms with van der Waals surface area (Å²) in [7, 11) is 0. The summed E-state index contributed by atoms with van der Waals surface area (Å²) < 4.78 is 0. The van der Waals surface area contributed by atoms with Gasteiger partial charge in [-0.25, -0.2) is 0 Å². The normalized spacial score (nSPS) is 25.3. The molecule has 6 heteroatoms. The lowest BCUT2D eigenvalue weighted by Crippen LogP contribution is -2.40. The second-order valence-electron chi connectivity index (χ2n) is 7.17. The van der Waals surface area contributed by atoms with E-state index in [2.05, 4.69) is 11.9 Å². The molecule has 0 bridgehead atoms. The van der Waals surface area contributed by atoms with Crippen molar-refractivity contribution in [3.63, 3.8) is 0 Å². The number of pyridine rings is 1. The van der Waals surface area contributed by atoms with Crippen LogP contribution in [0.3, 0.4) is 0 Å². The van der Waals surface area contributed by atoms with Crippen LogP contribution in [0, 0.1) is 11.3 Å². The summed E-state index contributed by atoms with van der Waals surface area (Å²) in [6, 6.07) is 10.7. The first kappa shape index (κ1) is 17.0. The van der Waals surface area contributed by atoms with E-state index in [0.29, 0.717) is 30.2 Å². The molecule has 0 saturated carbocycles. The van der Waals surface area contributed by atoms with Gasteiger partial charge in [0.2, 0.25) is 5.91 Å². The van der Waals surface area contributed by atoms with E-state index < -0.39 is 5.41 Å². The van der Waals surface area contributed by atoms with Crippen molar-refractivity contribution in [2.45, 2.75) is 13.3 Å². The van der Waals surface area contributed by atoms with Crippen molar-refractivity contribution in [2.24, 2.45) is 11.3 Å². The fourth-order valence-electron chi connectivity index (χ4n) is 4.18. The number of likely N-dealkylation sites (tertiary alicyclic amines) is 1. The molecular formula is C20H20ClN3O2. The van der Waals surface area contributed by atoms with E-state index in [-0.39, 0.29) is 17.7 Å². The van der Waals surface area contributed by atoms with Gasteiger partial charge in [0, 0.05) is 36.4 Å². The first-order chi connectivity index (χ1) is 12.5. The largest absolute Gasteiger partial charge is 0.337 e. The standard InChI is InChI=1S/C20H20ClN3O2/c1-14-12-23(18(25)15-4-2-5-16(21)10-15)13-20(14)7-9-24(19(20)26)17-6-3-8-22-11-17/h2-6,8,10-11,14H,7,9,12-13H2,1H3/t14-,20-/m1/s1. The van der Waals surface area contributed by atoms with E-state index in [0.717, 1.165) is 12.1 Å². The average molecular weight is 370 g/mol. The lowest BCUT2D eigenvalue weighted by Gasteiger charge is -2.26. The topological polar surface area (TPSA) is 53.5 Å². The van der Waals surface area contributed by atoms with Gasteiger partial charge in [0.25, 0.3) is 5.91 Å². The second kappa shape index (κ2) is 6.40. The van der Waals surface area contributed by atoms with Crippen LogP contribution >= 0.6 is 11.6 Å². The van der Waals surface area contributed by atoms with Crippen LogP contribution in [0.25, 0.3) is 0 Å². The molecule has 2 aromatic rings. The van der Waals surface area contributed by atoms with Crippen molar-refractivity contribution in [1.29, 1.82) is 0 Å². The fourth-order valence-corrected chi connectivity index (χ4v) is 4.37. The number of aromatic nitrogens is 1. The highest BCUT2D eigenvalue weighted by molar-refractivity contribution is 6.31. The summed E-state index contributed by atoms with van der Waals surface area (Å²) in [6.45, 7) is 3.76. The summed E-state index contributed by atoms with van der Waals surface area (Å²) in [5.41, 5.74) is 0.877. The first-order valence-electron chi connectivity index (χ1n) is 8.78. The van der Waals surface area contributed by atoms with E-state index in [9.17, 15) is 9.59 Å². The van der Waals surface area contributed by atoms with Gasteiger partial charge in [-0.3, -0.25) is 14.6 Å². The second-order valence-corrected chi connectivity index (χ2v) is 7.61. The number of carbonyl (C=O) groups is 2. The van der Waals surface area contributed by atoms with Crippen LogP contribution in [0.5, 0.6) is 0 Å². The van der Waals surface area contributed by atoms with Crippen LogP contribution in [-0.4, -0.2) is 41.3 Å². The molecule has 0 radical (unpaired) electrons. The number of benzene rings is 1. The van der Waals surface area contributed by atoms with Crippen LogP contribution in [0.2, 0.25) is 5.02 Å². The minimum absolute atomic E-state index is 0.0659. The molecule has 0 aliphatic carbocycles. The van der Waals surface area contributed by atoms with Gasteiger partial charge in [0.1, 0.15) is 0 Å². The molecule has 1 spiro atoms. The van der Waals surface area contributed by atoms with Gasteiger partial charge in [-0.2, -0.15) is 0 Å². The SMILES string of the molecule is C[C@@H]1CN(C(=O)c2cccc(Cl)c2)C[C@]12CCN(c1cccnc1)C2=O. The molecule has 2 amide bonds. The Morgan fingerprint density at radius 1 is 1.31 bits per heavy atom. The van der Waals surface area contributed by atoms with Crippen molar-refractivity contribution in [3.05, 3.63) is 59.4 Å². The van der Waals surface area contributed by atoms with Gasteiger partial charge in [-0.15, -0.1) is 0 Å². The van der Waals surface area contributed by atoms with Gasteiger partial charge in [-0.1, -0.05) is 24.6 Å². The van der Waals surface area contributed by atoms with Crippen molar-refractivity contribution in [1.82, 2.24) is 9.88 Å². The molecule has 4 rings (SSSR count). The predicted molar refractivity (Wildman–Crippen MR) is 100 cm³/mol. The van der Waals surface area contributed by atoms with Crippen LogP contribution in [0.15, 0.2) is 48.8 Å². The Hall–Kier alpha value is -2.40. The molecule has 3 heterocycles. The molecule has 2 fully saturated rings. The van der Waals surface area contributed by atoms with Crippen molar-refractivity contribution in [3.8, 4) is 0 Å². The minimum Gasteiger partial charge on any atom is -0.337 e. The van der Waals surface area contributed by atoms with Crippen LogP contribution in [0.4, 0.5) is 5.69 Å². The first-order valence-corrected chi connectivity index (χ1v) is 9.16. The molecule has 0 N–H and O–H groups in total. The number of halogens is 1. The predicted octanol–water partition coefficient (Wildman–Crippen LogP) is 3.25. The third-order valence-electron chi connectivity index (χ3n) is 5.68. The molecular weight excluding hydrogens is 350 g/mol. The van der Waals surface area contributed by atoms with Gasteiger partial charge >= 0.3 is 0 Å². The quantitative estimate of drug-likeness (QED) is 0.816. The Morgan fingerprint density at radius 3 is 2.88 bits per heavy atom. The Bertz CT molecular complexity index is 857. The van der Waals surface area contributed by atoms with E-state index in [1.165, 1.54) is 0 Å². The summed E-state index contributed by atoms with van der Waals surface area (Å²) in [6.07, 6.45) is 4.16. The molecule has 1 aromatic carbocycles.